The van der Waals surface area contributed by atoms with Crippen LogP contribution in [0.5, 0.6) is 0 Å². The van der Waals surface area contributed by atoms with Crippen molar-refractivity contribution in [2.24, 2.45) is 5.41 Å². The maximum absolute atomic E-state index is 12.3. The van der Waals surface area contributed by atoms with E-state index in [1.165, 1.54) is 12.8 Å². The number of carbonyl (C=O) groups excluding carboxylic acids is 1. The average Bonchev–Trinajstić information content (AvgIpc) is 2.89. The van der Waals surface area contributed by atoms with Crippen LogP contribution in [-0.2, 0) is 4.79 Å². The molecule has 18 heavy (non-hydrogen) atoms. The summed E-state index contributed by atoms with van der Waals surface area (Å²) in [6, 6.07) is 2.56. The summed E-state index contributed by atoms with van der Waals surface area (Å²) in [6.07, 6.45) is 10.2. The van der Waals surface area contributed by atoms with Gasteiger partial charge in [-0.25, -0.2) is 0 Å². The van der Waals surface area contributed by atoms with Gasteiger partial charge in [0.15, 0.2) is 0 Å². The molecule has 2 rings (SSSR count). The second-order valence-electron chi connectivity index (χ2n) is 5.60. The summed E-state index contributed by atoms with van der Waals surface area (Å²) in [5, 5.41) is 13.1. The molecule has 0 aromatic heterocycles. The zero-order valence-corrected chi connectivity index (χ0v) is 11.9. The van der Waals surface area contributed by atoms with Crippen LogP contribution in [0.3, 0.4) is 0 Å². The van der Waals surface area contributed by atoms with E-state index in [1.807, 2.05) is 11.8 Å². The summed E-state index contributed by atoms with van der Waals surface area (Å²) < 4.78 is 0. The number of nitriles is 1. The molecule has 2 unspecified atom stereocenters. The fraction of sp³-hybridized carbons (Fsp3) is 0.857. The van der Waals surface area contributed by atoms with Gasteiger partial charge in [0.25, 0.3) is 0 Å². The molecular weight excluding hydrogens is 244 g/mol. The highest BCUT2D eigenvalue weighted by Crippen LogP contribution is 2.38. The molecule has 0 bridgehead atoms. The standard InChI is InChI=1S/C14H22N2OS/c1-18-12-6-4-5-11(9-12)16-13(17)14(10-15)7-2-3-8-14/h11-12H,2-9H2,1H3,(H,16,17). The highest BCUT2D eigenvalue weighted by molar-refractivity contribution is 7.99. The summed E-state index contributed by atoms with van der Waals surface area (Å²) in [4.78, 5) is 12.3. The van der Waals surface area contributed by atoms with Crippen LogP contribution in [0.25, 0.3) is 0 Å². The third kappa shape index (κ3) is 2.83. The number of rotatable bonds is 3. The number of hydrogen-bond acceptors (Lipinski definition) is 3. The van der Waals surface area contributed by atoms with Crippen molar-refractivity contribution in [1.29, 1.82) is 5.26 Å². The Hall–Kier alpha value is -0.690. The van der Waals surface area contributed by atoms with Crippen molar-refractivity contribution in [3.63, 3.8) is 0 Å². The van der Waals surface area contributed by atoms with Gasteiger partial charge in [-0.15, -0.1) is 0 Å². The van der Waals surface area contributed by atoms with Crippen LogP contribution in [0.2, 0.25) is 0 Å². The molecule has 2 aliphatic rings. The molecule has 0 spiro atoms. The normalized spacial score (nSPS) is 30.7. The van der Waals surface area contributed by atoms with Gasteiger partial charge in [0.05, 0.1) is 6.07 Å². The molecule has 100 valence electrons. The van der Waals surface area contributed by atoms with E-state index in [2.05, 4.69) is 17.6 Å². The van der Waals surface area contributed by atoms with Gasteiger partial charge in [-0.2, -0.15) is 17.0 Å². The van der Waals surface area contributed by atoms with E-state index < -0.39 is 5.41 Å². The van der Waals surface area contributed by atoms with Crippen molar-refractivity contribution in [1.82, 2.24) is 5.32 Å². The lowest BCUT2D eigenvalue weighted by molar-refractivity contribution is -0.128. The first-order valence-corrected chi connectivity index (χ1v) is 8.24. The molecule has 0 saturated heterocycles. The molecule has 2 saturated carbocycles. The molecule has 4 heteroatoms. The maximum Gasteiger partial charge on any atom is 0.240 e. The molecule has 2 atom stereocenters. The van der Waals surface area contributed by atoms with Crippen molar-refractivity contribution < 1.29 is 4.79 Å². The van der Waals surface area contributed by atoms with E-state index in [1.54, 1.807) is 0 Å². The third-order valence-corrected chi connectivity index (χ3v) is 5.50. The smallest absolute Gasteiger partial charge is 0.240 e. The predicted octanol–water partition coefficient (Wildman–Crippen LogP) is 2.86. The molecule has 0 aromatic carbocycles. The lowest BCUT2D eigenvalue weighted by atomic mass is 9.85. The minimum absolute atomic E-state index is 0.00532. The van der Waals surface area contributed by atoms with Gasteiger partial charge in [0.2, 0.25) is 5.91 Å². The van der Waals surface area contributed by atoms with Crippen LogP contribution >= 0.6 is 11.8 Å². The average molecular weight is 266 g/mol. The monoisotopic (exact) mass is 266 g/mol. The van der Waals surface area contributed by atoms with Gasteiger partial charge in [0, 0.05) is 11.3 Å². The Kier molecular flexibility index (Phi) is 4.55. The van der Waals surface area contributed by atoms with Gasteiger partial charge in [-0.1, -0.05) is 19.3 Å². The van der Waals surface area contributed by atoms with Crippen molar-refractivity contribution >= 4 is 17.7 Å². The summed E-state index contributed by atoms with van der Waals surface area (Å²) in [5.74, 6) is -0.00532. The zero-order chi connectivity index (χ0) is 13.0. The van der Waals surface area contributed by atoms with Crippen molar-refractivity contribution in [3.05, 3.63) is 0 Å². The van der Waals surface area contributed by atoms with E-state index in [4.69, 9.17) is 0 Å². The van der Waals surface area contributed by atoms with Crippen LogP contribution < -0.4 is 5.32 Å². The van der Waals surface area contributed by atoms with Crippen LogP contribution in [0.4, 0.5) is 0 Å². The summed E-state index contributed by atoms with van der Waals surface area (Å²) in [6.45, 7) is 0. The van der Waals surface area contributed by atoms with Gasteiger partial charge in [-0.3, -0.25) is 4.79 Å². The molecule has 0 radical (unpaired) electrons. The third-order valence-electron chi connectivity index (χ3n) is 4.40. The van der Waals surface area contributed by atoms with Gasteiger partial charge < -0.3 is 5.32 Å². The lowest BCUT2D eigenvalue weighted by Gasteiger charge is -2.31. The Morgan fingerprint density at radius 3 is 2.67 bits per heavy atom. The molecule has 0 heterocycles. The van der Waals surface area contributed by atoms with E-state index in [9.17, 15) is 10.1 Å². The number of nitrogens with one attached hydrogen (secondary N) is 1. The quantitative estimate of drug-likeness (QED) is 0.854. The maximum atomic E-state index is 12.3. The highest BCUT2D eigenvalue weighted by Gasteiger charge is 2.42. The Morgan fingerprint density at radius 1 is 1.33 bits per heavy atom. The van der Waals surface area contributed by atoms with E-state index in [0.717, 1.165) is 38.5 Å². The number of thioether (sulfide) groups is 1. The zero-order valence-electron chi connectivity index (χ0n) is 11.1. The first kappa shape index (κ1) is 13.7. The number of amides is 1. The van der Waals surface area contributed by atoms with Gasteiger partial charge in [0.1, 0.15) is 5.41 Å². The van der Waals surface area contributed by atoms with Crippen LogP contribution in [0.1, 0.15) is 51.4 Å². The van der Waals surface area contributed by atoms with Crippen molar-refractivity contribution in [2.75, 3.05) is 6.26 Å². The highest BCUT2D eigenvalue weighted by atomic mass is 32.2. The van der Waals surface area contributed by atoms with E-state index >= 15 is 0 Å². The fourth-order valence-electron chi connectivity index (χ4n) is 3.18. The molecule has 3 nitrogen and oxygen atoms in total. The molecule has 1 amide bonds. The second kappa shape index (κ2) is 5.97. The first-order chi connectivity index (χ1) is 8.70. The lowest BCUT2D eigenvalue weighted by Crippen LogP contribution is -2.46. The topological polar surface area (TPSA) is 52.9 Å². The predicted molar refractivity (Wildman–Crippen MR) is 74.2 cm³/mol. The Labute approximate surface area is 114 Å². The van der Waals surface area contributed by atoms with E-state index in [0.29, 0.717) is 5.25 Å². The minimum atomic E-state index is -0.716. The van der Waals surface area contributed by atoms with Crippen LogP contribution in [0.15, 0.2) is 0 Å². The first-order valence-electron chi connectivity index (χ1n) is 6.95. The second-order valence-corrected chi connectivity index (χ2v) is 6.73. The van der Waals surface area contributed by atoms with Crippen molar-refractivity contribution in [2.45, 2.75) is 62.7 Å². The number of hydrogen-bond donors (Lipinski definition) is 1. The molecule has 0 aliphatic heterocycles. The van der Waals surface area contributed by atoms with E-state index in [-0.39, 0.29) is 11.9 Å². The Bertz CT molecular complexity index is 344. The Morgan fingerprint density at radius 2 is 2.06 bits per heavy atom. The molecule has 1 N–H and O–H groups in total. The summed E-state index contributed by atoms with van der Waals surface area (Å²) >= 11 is 1.90. The van der Waals surface area contributed by atoms with Crippen LogP contribution in [-0.4, -0.2) is 23.5 Å². The number of nitrogens with zero attached hydrogens (tertiary/aromatic N) is 1. The van der Waals surface area contributed by atoms with Crippen molar-refractivity contribution in [3.8, 4) is 6.07 Å². The molecular formula is C14H22N2OS. The summed E-state index contributed by atoms with van der Waals surface area (Å²) in [5.41, 5.74) is -0.716. The number of carbonyl (C=O) groups is 1. The largest absolute Gasteiger partial charge is 0.352 e. The molecule has 2 fully saturated rings. The van der Waals surface area contributed by atoms with Gasteiger partial charge >= 0.3 is 0 Å². The summed E-state index contributed by atoms with van der Waals surface area (Å²) in [7, 11) is 0. The minimum Gasteiger partial charge on any atom is -0.352 e. The Balaban J connectivity index is 1.92. The molecule has 2 aliphatic carbocycles. The SMILES string of the molecule is CSC1CCCC(NC(=O)C2(C#N)CCCC2)C1. The fourth-order valence-corrected chi connectivity index (χ4v) is 4.01. The van der Waals surface area contributed by atoms with Crippen LogP contribution in [0, 0.1) is 16.7 Å². The van der Waals surface area contributed by atoms with Gasteiger partial charge in [-0.05, 0) is 38.4 Å². The molecule has 0 aromatic rings.